The molecule has 2 N–H and O–H groups in total. The average Bonchev–Trinajstić information content (AvgIpc) is 2.86. The van der Waals surface area contributed by atoms with Gasteiger partial charge in [0, 0.05) is 38.1 Å². The first-order chi connectivity index (χ1) is 9.97. The second kappa shape index (κ2) is 6.80. The predicted molar refractivity (Wildman–Crippen MR) is 85.8 cm³/mol. The molecule has 0 aromatic heterocycles. The molecule has 2 rings (SSSR count). The van der Waals surface area contributed by atoms with Gasteiger partial charge in [-0.05, 0) is 50.5 Å². The fourth-order valence-electron chi connectivity index (χ4n) is 2.78. The zero-order valence-corrected chi connectivity index (χ0v) is 13.0. The minimum Gasteiger partial charge on any atom is -0.393 e. The number of carbonyl (C=O) groups excluding carboxylic acids is 1. The van der Waals surface area contributed by atoms with Gasteiger partial charge in [-0.3, -0.25) is 0 Å². The normalized spacial score (nSPS) is 19.4. The van der Waals surface area contributed by atoms with E-state index in [1.165, 1.54) is 0 Å². The number of carbonyl (C=O) groups is 1. The maximum absolute atomic E-state index is 12.3. The summed E-state index contributed by atoms with van der Waals surface area (Å²) in [5, 5.41) is 12.5. The van der Waals surface area contributed by atoms with E-state index in [9.17, 15) is 9.90 Å². The highest BCUT2D eigenvalue weighted by Gasteiger charge is 2.29. The van der Waals surface area contributed by atoms with E-state index in [1.807, 2.05) is 48.2 Å². The van der Waals surface area contributed by atoms with Gasteiger partial charge in [0.2, 0.25) is 0 Å². The molecule has 0 bridgehead atoms. The largest absolute Gasteiger partial charge is 0.393 e. The summed E-state index contributed by atoms with van der Waals surface area (Å²) in [5.74, 6) is 0. The SMILES string of the molecule is C[C@@H](O)C[C@H]1CCCN1C(=O)Nc1ccc(N(C)C)cc1. The molecule has 0 spiro atoms. The number of aliphatic hydroxyl groups is 1. The van der Waals surface area contributed by atoms with E-state index in [0.29, 0.717) is 6.42 Å². The predicted octanol–water partition coefficient (Wildman–Crippen LogP) is 2.52. The van der Waals surface area contributed by atoms with Crippen molar-refractivity contribution >= 4 is 17.4 Å². The lowest BCUT2D eigenvalue weighted by atomic mass is 10.1. The van der Waals surface area contributed by atoms with Crippen molar-refractivity contribution in [1.82, 2.24) is 4.90 Å². The van der Waals surface area contributed by atoms with Gasteiger partial charge in [-0.25, -0.2) is 4.79 Å². The fraction of sp³-hybridized carbons (Fsp3) is 0.562. The van der Waals surface area contributed by atoms with E-state index in [2.05, 4.69) is 5.32 Å². The first kappa shape index (κ1) is 15.6. The third-order valence-corrected chi connectivity index (χ3v) is 3.89. The minimum atomic E-state index is -0.372. The molecule has 0 aliphatic carbocycles. The Bertz CT molecular complexity index is 471. The van der Waals surface area contributed by atoms with Crippen molar-refractivity contribution in [3.8, 4) is 0 Å². The quantitative estimate of drug-likeness (QED) is 0.896. The van der Waals surface area contributed by atoms with Crippen LogP contribution in [0.25, 0.3) is 0 Å². The maximum atomic E-state index is 12.3. The Balaban J connectivity index is 1.97. The summed E-state index contributed by atoms with van der Waals surface area (Å²) in [6.45, 7) is 2.54. The second-order valence-electron chi connectivity index (χ2n) is 5.95. The van der Waals surface area contributed by atoms with E-state index in [-0.39, 0.29) is 18.2 Å². The number of nitrogens with one attached hydrogen (secondary N) is 1. The number of benzene rings is 1. The van der Waals surface area contributed by atoms with Crippen LogP contribution in [0.4, 0.5) is 16.2 Å². The van der Waals surface area contributed by atoms with Crippen LogP contribution in [0.3, 0.4) is 0 Å². The van der Waals surface area contributed by atoms with Crippen LogP contribution in [0.5, 0.6) is 0 Å². The molecule has 2 atom stereocenters. The number of aliphatic hydroxyl groups excluding tert-OH is 1. The number of urea groups is 1. The van der Waals surface area contributed by atoms with Crippen LogP contribution >= 0.6 is 0 Å². The summed E-state index contributed by atoms with van der Waals surface area (Å²) < 4.78 is 0. The van der Waals surface area contributed by atoms with E-state index in [1.54, 1.807) is 6.92 Å². The van der Waals surface area contributed by atoms with E-state index in [4.69, 9.17) is 0 Å². The lowest BCUT2D eigenvalue weighted by Crippen LogP contribution is -2.40. The number of anilines is 2. The first-order valence-electron chi connectivity index (χ1n) is 7.50. The number of amides is 2. The molecule has 1 saturated heterocycles. The first-order valence-corrected chi connectivity index (χ1v) is 7.50. The molecular weight excluding hydrogens is 266 g/mol. The standard InChI is InChI=1S/C16H25N3O2/c1-12(20)11-15-5-4-10-19(15)16(21)17-13-6-8-14(9-7-13)18(2)3/h6-9,12,15,20H,4-5,10-11H2,1-3H3,(H,17,21)/t12-,15-/m1/s1. The number of nitrogens with zero attached hydrogens (tertiary/aromatic N) is 2. The molecule has 1 aromatic rings. The van der Waals surface area contributed by atoms with Gasteiger partial charge in [-0.1, -0.05) is 0 Å². The molecular formula is C16H25N3O2. The van der Waals surface area contributed by atoms with Crippen molar-refractivity contribution in [2.24, 2.45) is 0 Å². The van der Waals surface area contributed by atoms with Crippen LogP contribution in [0, 0.1) is 0 Å². The van der Waals surface area contributed by atoms with Crippen molar-refractivity contribution in [1.29, 1.82) is 0 Å². The molecule has 1 aromatic carbocycles. The topological polar surface area (TPSA) is 55.8 Å². The van der Waals surface area contributed by atoms with Crippen LogP contribution in [-0.2, 0) is 0 Å². The molecule has 1 fully saturated rings. The highest BCUT2D eigenvalue weighted by Crippen LogP contribution is 2.23. The van der Waals surface area contributed by atoms with Crippen molar-refractivity contribution in [2.75, 3.05) is 30.9 Å². The summed E-state index contributed by atoms with van der Waals surface area (Å²) in [5.41, 5.74) is 1.90. The van der Waals surface area contributed by atoms with Crippen LogP contribution in [0.2, 0.25) is 0 Å². The molecule has 0 radical (unpaired) electrons. The highest BCUT2D eigenvalue weighted by atomic mass is 16.3. The third kappa shape index (κ3) is 4.11. The van der Waals surface area contributed by atoms with Crippen LogP contribution in [0.1, 0.15) is 26.2 Å². The van der Waals surface area contributed by atoms with Gasteiger partial charge in [0.15, 0.2) is 0 Å². The summed E-state index contributed by atoms with van der Waals surface area (Å²) in [6.07, 6.45) is 2.25. The minimum absolute atomic E-state index is 0.0734. The van der Waals surface area contributed by atoms with E-state index >= 15 is 0 Å². The monoisotopic (exact) mass is 291 g/mol. The summed E-state index contributed by atoms with van der Waals surface area (Å²) in [6, 6.07) is 7.85. The van der Waals surface area contributed by atoms with Crippen LogP contribution in [0.15, 0.2) is 24.3 Å². The number of hydrogen-bond acceptors (Lipinski definition) is 3. The number of rotatable bonds is 4. The van der Waals surface area contributed by atoms with E-state index < -0.39 is 0 Å². The van der Waals surface area contributed by atoms with Gasteiger partial charge < -0.3 is 20.2 Å². The van der Waals surface area contributed by atoms with Gasteiger partial charge >= 0.3 is 6.03 Å². The van der Waals surface area contributed by atoms with Gasteiger partial charge in [0.25, 0.3) is 0 Å². The lowest BCUT2D eigenvalue weighted by molar-refractivity contribution is 0.142. The molecule has 21 heavy (non-hydrogen) atoms. The Morgan fingerprint density at radius 2 is 2.10 bits per heavy atom. The summed E-state index contributed by atoms with van der Waals surface area (Å²) in [7, 11) is 3.97. The zero-order valence-electron chi connectivity index (χ0n) is 13.0. The van der Waals surface area contributed by atoms with Gasteiger partial charge in [-0.15, -0.1) is 0 Å². The molecule has 1 heterocycles. The Morgan fingerprint density at radius 3 is 2.67 bits per heavy atom. The molecule has 1 aliphatic heterocycles. The summed E-state index contributed by atoms with van der Waals surface area (Å²) >= 11 is 0. The summed E-state index contributed by atoms with van der Waals surface area (Å²) in [4.78, 5) is 16.2. The van der Waals surface area contributed by atoms with Crippen LogP contribution in [-0.4, -0.2) is 48.8 Å². The molecule has 5 heteroatoms. The van der Waals surface area contributed by atoms with Gasteiger partial charge in [-0.2, -0.15) is 0 Å². The van der Waals surface area contributed by atoms with Crippen molar-refractivity contribution in [3.63, 3.8) is 0 Å². The van der Waals surface area contributed by atoms with Crippen molar-refractivity contribution in [3.05, 3.63) is 24.3 Å². The molecule has 116 valence electrons. The average molecular weight is 291 g/mol. The van der Waals surface area contributed by atoms with Gasteiger partial charge in [0.1, 0.15) is 0 Å². The molecule has 1 aliphatic rings. The second-order valence-corrected chi connectivity index (χ2v) is 5.95. The number of hydrogen-bond donors (Lipinski definition) is 2. The number of likely N-dealkylation sites (tertiary alicyclic amines) is 1. The molecule has 0 saturated carbocycles. The fourth-order valence-corrected chi connectivity index (χ4v) is 2.78. The molecule has 5 nitrogen and oxygen atoms in total. The lowest BCUT2D eigenvalue weighted by Gasteiger charge is -2.26. The van der Waals surface area contributed by atoms with Crippen LogP contribution < -0.4 is 10.2 Å². The Morgan fingerprint density at radius 1 is 1.43 bits per heavy atom. The third-order valence-electron chi connectivity index (χ3n) is 3.89. The smallest absolute Gasteiger partial charge is 0.322 e. The molecule has 2 amide bonds. The van der Waals surface area contributed by atoms with Crippen molar-refractivity contribution in [2.45, 2.75) is 38.3 Å². The maximum Gasteiger partial charge on any atom is 0.322 e. The van der Waals surface area contributed by atoms with Crippen molar-refractivity contribution < 1.29 is 9.90 Å². The molecule has 0 unspecified atom stereocenters. The zero-order chi connectivity index (χ0) is 15.4. The Hall–Kier alpha value is -1.75. The highest BCUT2D eigenvalue weighted by molar-refractivity contribution is 5.89. The Labute approximate surface area is 126 Å². The van der Waals surface area contributed by atoms with Gasteiger partial charge in [0.05, 0.1) is 6.10 Å². The Kier molecular flexibility index (Phi) is 5.07. The van der Waals surface area contributed by atoms with E-state index in [0.717, 1.165) is 30.8 Å².